The normalized spacial score (nSPS) is 10.3. The highest BCUT2D eigenvalue weighted by Crippen LogP contribution is 2.21. The van der Waals surface area contributed by atoms with Crippen LogP contribution in [0, 0.1) is 13.8 Å². The van der Waals surface area contributed by atoms with Crippen LogP contribution in [0.5, 0.6) is 0 Å². The molecule has 1 aromatic carbocycles. The summed E-state index contributed by atoms with van der Waals surface area (Å²) in [4.78, 5) is 25.0. The van der Waals surface area contributed by atoms with E-state index >= 15 is 0 Å². The molecule has 0 saturated carbocycles. The van der Waals surface area contributed by atoms with Crippen molar-refractivity contribution in [2.45, 2.75) is 20.8 Å². The van der Waals surface area contributed by atoms with Crippen molar-refractivity contribution in [1.29, 1.82) is 0 Å². The fourth-order valence-corrected chi connectivity index (χ4v) is 2.60. The Morgan fingerprint density at radius 2 is 1.74 bits per heavy atom. The minimum absolute atomic E-state index is 0.0161. The van der Waals surface area contributed by atoms with E-state index in [4.69, 9.17) is 0 Å². The maximum atomic E-state index is 12.0. The number of aryl methyl sites for hydroxylation is 2. The van der Waals surface area contributed by atoms with Gasteiger partial charge < -0.3 is 5.32 Å². The van der Waals surface area contributed by atoms with Gasteiger partial charge in [0.25, 0.3) is 5.91 Å². The van der Waals surface area contributed by atoms with Gasteiger partial charge in [-0.05, 0) is 56.7 Å². The fourth-order valence-electron chi connectivity index (χ4n) is 1.67. The summed E-state index contributed by atoms with van der Waals surface area (Å²) in [5.41, 5.74) is 2.46. The third-order valence-corrected chi connectivity index (χ3v) is 4.09. The molecule has 0 fully saturated rings. The van der Waals surface area contributed by atoms with Crippen LogP contribution >= 0.6 is 11.3 Å². The largest absolute Gasteiger partial charge is 0.321 e. The van der Waals surface area contributed by atoms with Crippen molar-refractivity contribution >= 4 is 28.7 Å². The molecule has 0 atom stereocenters. The summed E-state index contributed by atoms with van der Waals surface area (Å²) in [7, 11) is 0. The molecule has 0 spiro atoms. The molecule has 0 radical (unpaired) electrons. The first-order valence-electron chi connectivity index (χ1n) is 5.97. The van der Waals surface area contributed by atoms with Gasteiger partial charge in [0.15, 0.2) is 5.78 Å². The molecule has 98 valence electrons. The van der Waals surface area contributed by atoms with Crippen LogP contribution in [0.3, 0.4) is 0 Å². The molecule has 4 heteroatoms. The number of thiophene rings is 1. The number of rotatable bonds is 3. The lowest BCUT2D eigenvalue weighted by Crippen LogP contribution is -2.10. The van der Waals surface area contributed by atoms with E-state index in [1.807, 2.05) is 19.9 Å². The number of hydrogen-bond acceptors (Lipinski definition) is 3. The molecule has 1 N–H and O–H groups in total. The highest BCUT2D eigenvalue weighted by atomic mass is 32.1. The zero-order valence-electron chi connectivity index (χ0n) is 11.1. The molecule has 0 aliphatic rings. The zero-order chi connectivity index (χ0) is 14.0. The standard InChI is InChI=1S/C15H15NO2S/c1-9-8-14(19-11(9)3)15(18)16-13-6-4-12(5-7-13)10(2)17/h4-8H,1-3H3,(H,16,18). The smallest absolute Gasteiger partial charge is 0.265 e. The Hall–Kier alpha value is -1.94. The number of benzene rings is 1. The number of ketones is 1. The average molecular weight is 273 g/mol. The second-order valence-corrected chi connectivity index (χ2v) is 5.69. The van der Waals surface area contributed by atoms with E-state index in [-0.39, 0.29) is 11.7 Å². The summed E-state index contributed by atoms with van der Waals surface area (Å²) in [6, 6.07) is 8.79. The number of carbonyl (C=O) groups is 2. The molecule has 0 bridgehead atoms. The molecule has 0 saturated heterocycles. The van der Waals surface area contributed by atoms with Gasteiger partial charge in [0.05, 0.1) is 4.88 Å². The third kappa shape index (κ3) is 3.09. The van der Waals surface area contributed by atoms with Crippen molar-refractivity contribution in [1.82, 2.24) is 0 Å². The Bertz CT molecular complexity index is 607. The van der Waals surface area contributed by atoms with Gasteiger partial charge in [0.1, 0.15) is 0 Å². The molecule has 0 aliphatic heterocycles. The van der Waals surface area contributed by atoms with Crippen LogP contribution in [-0.2, 0) is 0 Å². The lowest BCUT2D eigenvalue weighted by Gasteiger charge is -2.04. The Morgan fingerprint density at radius 3 is 2.21 bits per heavy atom. The Kier molecular flexibility index (Phi) is 3.81. The van der Waals surface area contributed by atoms with Crippen LogP contribution in [0.1, 0.15) is 37.4 Å². The number of carbonyl (C=O) groups excluding carboxylic acids is 2. The first-order valence-corrected chi connectivity index (χ1v) is 6.78. The minimum Gasteiger partial charge on any atom is -0.321 e. The third-order valence-electron chi connectivity index (χ3n) is 2.94. The number of amides is 1. The average Bonchev–Trinajstić information content (AvgIpc) is 2.70. The predicted molar refractivity (Wildman–Crippen MR) is 78.2 cm³/mol. The van der Waals surface area contributed by atoms with Crippen LogP contribution in [0.4, 0.5) is 5.69 Å². The Morgan fingerprint density at radius 1 is 1.11 bits per heavy atom. The number of nitrogens with one attached hydrogen (secondary N) is 1. The molecule has 0 unspecified atom stereocenters. The lowest BCUT2D eigenvalue weighted by molar-refractivity contribution is 0.101. The molecule has 1 heterocycles. The van der Waals surface area contributed by atoms with Crippen molar-refractivity contribution in [3.63, 3.8) is 0 Å². The summed E-state index contributed by atoms with van der Waals surface area (Å²) < 4.78 is 0. The van der Waals surface area contributed by atoms with E-state index < -0.39 is 0 Å². The van der Waals surface area contributed by atoms with Gasteiger partial charge >= 0.3 is 0 Å². The van der Waals surface area contributed by atoms with Crippen LogP contribution < -0.4 is 5.32 Å². The summed E-state index contributed by atoms with van der Waals surface area (Å²) >= 11 is 1.48. The Balaban J connectivity index is 2.12. The quantitative estimate of drug-likeness (QED) is 0.864. The van der Waals surface area contributed by atoms with Crippen LogP contribution in [0.15, 0.2) is 30.3 Å². The van der Waals surface area contributed by atoms with Gasteiger partial charge in [-0.15, -0.1) is 11.3 Å². The Labute approximate surface area is 116 Å². The van der Waals surface area contributed by atoms with E-state index in [2.05, 4.69) is 5.32 Å². The predicted octanol–water partition coefficient (Wildman–Crippen LogP) is 3.82. The van der Waals surface area contributed by atoms with E-state index in [1.165, 1.54) is 18.3 Å². The van der Waals surface area contributed by atoms with Gasteiger partial charge in [0.2, 0.25) is 0 Å². The molecule has 2 rings (SSSR count). The van der Waals surface area contributed by atoms with Crippen molar-refractivity contribution < 1.29 is 9.59 Å². The zero-order valence-corrected chi connectivity index (χ0v) is 11.9. The van der Waals surface area contributed by atoms with E-state index in [1.54, 1.807) is 24.3 Å². The van der Waals surface area contributed by atoms with Crippen molar-refractivity contribution in [3.8, 4) is 0 Å². The monoisotopic (exact) mass is 273 g/mol. The highest BCUT2D eigenvalue weighted by Gasteiger charge is 2.10. The van der Waals surface area contributed by atoms with Crippen molar-refractivity contribution in [2.75, 3.05) is 5.32 Å². The van der Waals surface area contributed by atoms with Gasteiger partial charge in [-0.3, -0.25) is 9.59 Å². The SMILES string of the molecule is CC(=O)c1ccc(NC(=O)c2cc(C)c(C)s2)cc1. The highest BCUT2D eigenvalue weighted by molar-refractivity contribution is 7.14. The second kappa shape index (κ2) is 5.36. The van der Waals surface area contributed by atoms with Crippen LogP contribution in [0.2, 0.25) is 0 Å². The molecule has 19 heavy (non-hydrogen) atoms. The van der Waals surface area contributed by atoms with Gasteiger partial charge in [-0.25, -0.2) is 0 Å². The molecule has 3 nitrogen and oxygen atoms in total. The van der Waals surface area contributed by atoms with Gasteiger partial charge in [-0.1, -0.05) is 0 Å². The molecular formula is C15H15NO2S. The first-order chi connectivity index (χ1) is 8.97. The molecule has 1 amide bonds. The number of Topliss-reactive ketones (excluding diaryl/α,β-unsaturated/α-hetero) is 1. The molecular weight excluding hydrogens is 258 g/mol. The lowest BCUT2D eigenvalue weighted by atomic mass is 10.1. The summed E-state index contributed by atoms with van der Waals surface area (Å²) in [6.07, 6.45) is 0. The summed E-state index contributed by atoms with van der Waals surface area (Å²) in [6.45, 7) is 5.51. The summed E-state index contributed by atoms with van der Waals surface area (Å²) in [5, 5.41) is 2.83. The number of anilines is 1. The minimum atomic E-state index is -0.114. The van der Waals surface area contributed by atoms with Crippen LogP contribution in [-0.4, -0.2) is 11.7 Å². The molecule has 1 aromatic heterocycles. The maximum absolute atomic E-state index is 12.0. The van der Waals surface area contributed by atoms with E-state index in [9.17, 15) is 9.59 Å². The van der Waals surface area contributed by atoms with Crippen LogP contribution in [0.25, 0.3) is 0 Å². The molecule has 0 aliphatic carbocycles. The van der Waals surface area contributed by atoms with E-state index in [0.29, 0.717) is 16.1 Å². The van der Waals surface area contributed by atoms with Crippen molar-refractivity contribution in [2.24, 2.45) is 0 Å². The van der Waals surface area contributed by atoms with E-state index in [0.717, 1.165) is 10.4 Å². The van der Waals surface area contributed by atoms with Gasteiger partial charge in [-0.2, -0.15) is 0 Å². The second-order valence-electron chi connectivity index (χ2n) is 4.44. The van der Waals surface area contributed by atoms with Gasteiger partial charge in [0, 0.05) is 16.1 Å². The topological polar surface area (TPSA) is 46.2 Å². The van der Waals surface area contributed by atoms with Crippen molar-refractivity contribution in [3.05, 3.63) is 51.2 Å². The molecule has 2 aromatic rings. The fraction of sp³-hybridized carbons (Fsp3) is 0.200. The summed E-state index contributed by atoms with van der Waals surface area (Å²) in [5.74, 6) is -0.0980. The maximum Gasteiger partial charge on any atom is 0.265 e. The number of hydrogen-bond donors (Lipinski definition) is 1. The first kappa shape index (κ1) is 13.5.